The molecule has 0 radical (unpaired) electrons. The third kappa shape index (κ3) is 3.01. The maximum absolute atomic E-state index is 11.0. The molecule has 0 atom stereocenters. The van der Waals surface area contributed by atoms with Crippen LogP contribution in [0, 0.1) is 5.41 Å². The summed E-state index contributed by atoms with van der Waals surface area (Å²) < 4.78 is 0. The molecular weight excluding hydrogens is 223 g/mol. The highest BCUT2D eigenvalue weighted by molar-refractivity contribution is 5.85. The minimum atomic E-state index is 0. The monoisotopic (exact) mass is 240 g/mol. The maximum Gasteiger partial charge on any atom is 0.220 e. The van der Waals surface area contributed by atoms with Gasteiger partial charge < -0.3 is 10.6 Å². The molecule has 1 spiro atoms. The van der Waals surface area contributed by atoms with Crippen molar-refractivity contribution in [1.82, 2.24) is 10.6 Å². The van der Waals surface area contributed by atoms with Gasteiger partial charge in [-0.15, -0.1) is 24.8 Å². The zero-order valence-electron chi connectivity index (χ0n) is 8.17. The summed E-state index contributed by atoms with van der Waals surface area (Å²) >= 11 is 0. The van der Waals surface area contributed by atoms with E-state index >= 15 is 0 Å². The summed E-state index contributed by atoms with van der Waals surface area (Å²) in [4.78, 5) is 11.0. The van der Waals surface area contributed by atoms with Crippen LogP contribution in [0.5, 0.6) is 0 Å². The van der Waals surface area contributed by atoms with Crippen LogP contribution in [0.3, 0.4) is 0 Å². The molecule has 2 fully saturated rings. The molecule has 2 saturated heterocycles. The van der Waals surface area contributed by atoms with E-state index in [0.717, 1.165) is 32.5 Å². The second-order valence-electron chi connectivity index (χ2n) is 4.03. The van der Waals surface area contributed by atoms with Crippen molar-refractivity contribution >= 4 is 30.7 Å². The fourth-order valence-electron chi connectivity index (χ4n) is 2.23. The first kappa shape index (κ1) is 14.0. The summed E-state index contributed by atoms with van der Waals surface area (Å²) in [7, 11) is 0. The average molecular weight is 241 g/mol. The van der Waals surface area contributed by atoms with Crippen LogP contribution in [-0.4, -0.2) is 25.5 Å². The van der Waals surface area contributed by atoms with Crippen molar-refractivity contribution in [1.29, 1.82) is 0 Å². The number of nitrogens with one attached hydrogen (secondary N) is 2. The largest absolute Gasteiger partial charge is 0.356 e. The Labute approximate surface area is 97.2 Å². The molecule has 0 aromatic rings. The molecule has 2 rings (SSSR count). The Kier molecular flexibility index (Phi) is 5.79. The van der Waals surface area contributed by atoms with Gasteiger partial charge in [0, 0.05) is 13.0 Å². The van der Waals surface area contributed by atoms with Crippen LogP contribution in [0.15, 0.2) is 0 Å². The van der Waals surface area contributed by atoms with Gasteiger partial charge in [0.05, 0.1) is 0 Å². The molecule has 0 aromatic carbocycles. The number of hydrogen-bond acceptors (Lipinski definition) is 2. The zero-order valence-corrected chi connectivity index (χ0v) is 9.81. The van der Waals surface area contributed by atoms with Crippen molar-refractivity contribution in [3.8, 4) is 0 Å². The summed E-state index contributed by atoms with van der Waals surface area (Å²) in [6.07, 6.45) is 4.29. The molecule has 0 unspecified atom stereocenters. The first-order chi connectivity index (χ1) is 5.81. The van der Waals surface area contributed by atoms with Gasteiger partial charge >= 0.3 is 0 Å². The minimum absolute atomic E-state index is 0. The number of halogens is 2. The van der Waals surface area contributed by atoms with E-state index in [1.165, 1.54) is 12.8 Å². The summed E-state index contributed by atoms with van der Waals surface area (Å²) in [6.45, 7) is 3.15. The van der Waals surface area contributed by atoms with E-state index < -0.39 is 0 Å². The molecule has 14 heavy (non-hydrogen) atoms. The molecule has 2 aliphatic rings. The molecule has 1 amide bonds. The van der Waals surface area contributed by atoms with Crippen LogP contribution in [-0.2, 0) is 4.79 Å². The van der Waals surface area contributed by atoms with Crippen molar-refractivity contribution in [2.24, 2.45) is 5.41 Å². The molecule has 3 nitrogen and oxygen atoms in total. The van der Waals surface area contributed by atoms with Gasteiger partial charge in [-0.05, 0) is 37.8 Å². The van der Waals surface area contributed by atoms with Crippen molar-refractivity contribution in [3.63, 3.8) is 0 Å². The van der Waals surface area contributed by atoms with Gasteiger partial charge in [-0.25, -0.2) is 0 Å². The summed E-state index contributed by atoms with van der Waals surface area (Å²) in [5.74, 6) is 0.235. The minimum Gasteiger partial charge on any atom is -0.356 e. The summed E-state index contributed by atoms with van der Waals surface area (Å²) in [6, 6.07) is 0. The summed E-state index contributed by atoms with van der Waals surface area (Å²) in [5.41, 5.74) is 0.444. The van der Waals surface area contributed by atoms with E-state index in [1.54, 1.807) is 0 Å². The van der Waals surface area contributed by atoms with Crippen LogP contribution in [0.1, 0.15) is 25.7 Å². The van der Waals surface area contributed by atoms with E-state index in [0.29, 0.717) is 5.41 Å². The predicted molar refractivity (Wildman–Crippen MR) is 61.3 cm³/mol. The first-order valence-corrected chi connectivity index (χ1v) is 4.78. The van der Waals surface area contributed by atoms with E-state index in [2.05, 4.69) is 10.6 Å². The average Bonchev–Trinajstić information content (AvgIpc) is 2.13. The fourth-order valence-corrected chi connectivity index (χ4v) is 2.23. The van der Waals surface area contributed by atoms with Gasteiger partial charge in [-0.3, -0.25) is 4.79 Å². The Hall–Kier alpha value is 0.01000. The number of rotatable bonds is 0. The fraction of sp³-hybridized carbons (Fsp3) is 0.889. The van der Waals surface area contributed by atoms with Gasteiger partial charge in [0.25, 0.3) is 0 Å². The third-order valence-electron chi connectivity index (χ3n) is 3.21. The lowest BCUT2D eigenvalue weighted by Gasteiger charge is -2.40. The number of carbonyl (C=O) groups is 1. The molecule has 0 aliphatic carbocycles. The molecular formula is C9H18Cl2N2O. The molecule has 2 heterocycles. The van der Waals surface area contributed by atoms with Crippen molar-refractivity contribution in [2.45, 2.75) is 25.7 Å². The molecule has 2 N–H and O–H groups in total. The molecule has 0 aromatic heterocycles. The second kappa shape index (κ2) is 5.79. The number of hydrogen-bond donors (Lipinski definition) is 2. The van der Waals surface area contributed by atoms with Gasteiger partial charge in [-0.2, -0.15) is 0 Å². The van der Waals surface area contributed by atoms with Crippen LogP contribution in [0.4, 0.5) is 0 Å². The van der Waals surface area contributed by atoms with Crippen LogP contribution < -0.4 is 10.6 Å². The Morgan fingerprint density at radius 2 is 1.71 bits per heavy atom. The van der Waals surface area contributed by atoms with Gasteiger partial charge in [-0.1, -0.05) is 0 Å². The van der Waals surface area contributed by atoms with Crippen LogP contribution in [0.25, 0.3) is 0 Å². The Bertz CT molecular complexity index is 181. The maximum atomic E-state index is 11.0. The number of piperidine rings is 2. The summed E-state index contributed by atoms with van der Waals surface area (Å²) in [5, 5.41) is 6.33. The highest BCUT2D eigenvalue weighted by atomic mass is 35.5. The lowest BCUT2D eigenvalue weighted by molar-refractivity contribution is -0.124. The Morgan fingerprint density at radius 1 is 1.07 bits per heavy atom. The smallest absolute Gasteiger partial charge is 0.220 e. The molecule has 0 bridgehead atoms. The SMILES string of the molecule is Cl.Cl.O=C1CCC2(CCNCC2)CN1. The van der Waals surface area contributed by atoms with Crippen LogP contribution >= 0.6 is 24.8 Å². The number of carbonyl (C=O) groups excluding carboxylic acids is 1. The van der Waals surface area contributed by atoms with Crippen LogP contribution in [0.2, 0.25) is 0 Å². The van der Waals surface area contributed by atoms with E-state index in [-0.39, 0.29) is 30.7 Å². The van der Waals surface area contributed by atoms with E-state index in [4.69, 9.17) is 0 Å². The first-order valence-electron chi connectivity index (χ1n) is 4.78. The number of amides is 1. The molecule has 2 aliphatic heterocycles. The lowest BCUT2D eigenvalue weighted by Crippen LogP contribution is -2.48. The van der Waals surface area contributed by atoms with Gasteiger partial charge in [0.15, 0.2) is 0 Å². The Morgan fingerprint density at radius 3 is 2.21 bits per heavy atom. The normalized spacial score (nSPS) is 24.4. The Balaban J connectivity index is 0.000000845. The lowest BCUT2D eigenvalue weighted by atomic mass is 9.73. The standard InChI is InChI=1S/C9H16N2O.2ClH/c12-8-1-2-9(7-11-8)3-5-10-6-4-9;;/h10H,1-7H2,(H,11,12);2*1H. The second-order valence-corrected chi connectivity index (χ2v) is 4.03. The van der Waals surface area contributed by atoms with Gasteiger partial charge in [0.1, 0.15) is 0 Å². The molecule has 5 heteroatoms. The van der Waals surface area contributed by atoms with Crippen molar-refractivity contribution < 1.29 is 4.79 Å². The highest BCUT2D eigenvalue weighted by Crippen LogP contribution is 2.35. The van der Waals surface area contributed by atoms with Crippen molar-refractivity contribution in [2.75, 3.05) is 19.6 Å². The van der Waals surface area contributed by atoms with E-state index in [1.807, 2.05) is 0 Å². The third-order valence-corrected chi connectivity index (χ3v) is 3.21. The molecule has 0 saturated carbocycles. The molecule has 84 valence electrons. The highest BCUT2D eigenvalue weighted by Gasteiger charge is 2.35. The van der Waals surface area contributed by atoms with E-state index in [9.17, 15) is 4.79 Å². The predicted octanol–water partition coefficient (Wildman–Crippen LogP) is 1.11. The zero-order chi connectivity index (χ0) is 8.44. The topological polar surface area (TPSA) is 41.1 Å². The quantitative estimate of drug-likeness (QED) is 0.667. The van der Waals surface area contributed by atoms with Gasteiger partial charge in [0.2, 0.25) is 5.91 Å². The van der Waals surface area contributed by atoms with Crippen molar-refractivity contribution in [3.05, 3.63) is 0 Å².